The Balaban J connectivity index is 1.81. The third-order valence-corrected chi connectivity index (χ3v) is 3.95. The fourth-order valence-electron chi connectivity index (χ4n) is 2.61. The molecule has 2 unspecified atom stereocenters. The molecule has 1 aromatic rings. The minimum atomic E-state index is 0.643. The number of hydrogen-bond donors (Lipinski definition) is 1. The Bertz CT molecular complexity index is 397. The van der Waals surface area contributed by atoms with Gasteiger partial charge in [-0.25, -0.2) is 9.97 Å². The second kappa shape index (κ2) is 3.86. The summed E-state index contributed by atoms with van der Waals surface area (Å²) in [5.41, 5.74) is 0.863. The van der Waals surface area contributed by atoms with Gasteiger partial charge in [0.15, 0.2) is 0 Å². The van der Waals surface area contributed by atoms with Crippen LogP contribution in [-0.2, 0) is 0 Å². The van der Waals surface area contributed by atoms with Crippen molar-refractivity contribution in [1.29, 1.82) is 0 Å². The van der Waals surface area contributed by atoms with Crippen molar-refractivity contribution in [2.24, 2.45) is 11.8 Å². The van der Waals surface area contributed by atoms with Gasteiger partial charge < -0.3 is 10.2 Å². The molecule has 5 heteroatoms. The van der Waals surface area contributed by atoms with Gasteiger partial charge in [-0.2, -0.15) is 0 Å². The Morgan fingerprint density at radius 1 is 1.38 bits per heavy atom. The highest BCUT2D eigenvalue weighted by Gasteiger charge is 2.37. The van der Waals surface area contributed by atoms with Crippen LogP contribution in [0.2, 0.25) is 5.02 Å². The number of aromatic nitrogens is 2. The van der Waals surface area contributed by atoms with Crippen molar-refractivity contribution < 1.29 is 0 Å². The van der Waals surface area contributed by atoms with E-state index in [-0.39, 0.29) is 0 Å². The van der Waals surface area contributed by atoms with Gasteiger partial charge in [0.1, 0.15) is 0 Å². The van der Waals surface area contributed by atoms with Gasteiger partial charge >= 0.3 is 0 Å². The van der Waals surface area contributed by atoms with E-state index in [0.717, 1.165) is 49.7 Å². The molecule has 86 valence electrons. The first-order chi connectivity index (χ1) is 7.74. The number of fused-ring (bicyclic) bond motifs is 1. The lowest BCUT2D eigenvalue weighted by molar-refractivity contribution is 0.533. The highest BCUT2D eigenvalue weighted by atomic mass is 35.5. The summed E-state index contributed by atoms with van der Waals surface area (Å²) < 4.78 is 0. The van der Waals surface area contributed by atoms with Crippen molar-refractivity contribution in [3.8, 4) is 0 Å². The second-order valence-electron chi connectivity index (χ2n) is 4.69. The van der Waals surface area contributed by atoms with Crippen LogP contribution in [0.5, 0.6) is 0 Å². The largest absolute Gasteiger partial charge is 0.340 e. The summed E-state index contributed by atoms with van der Waals surface area (Å²) in [6, 6.07) is 0. The number of aryl methyl sites for hydroxylation is 1. The summed E-state index contributed by atoms with van der Waals surface area (Å²) in [6.07, 6.45) is 1.70. The lowest BCUT2D eigenvalue weighted by atomic mass is 10.0. The van der Waals surface area contributed by atoms with Crippen molar-refractivity contribution in [1.82, 2.24) is 15.3 Å². The van der Waals surface area contributed by atoms with Gasteiger partial charge in [0, 0.05) is 26.2 Å². The molecule has 4 nitrogen and oxygen atoms in total. The van der Waals surface area contributed by atoms with Crippen LogP contribution in [-0.4, -0.2) is 36.1 Å². The van der Waals surface area contributed by atoms with E-state index in [9.17, 15) is 0 Å². The Morgan fingerprint density at radius 2 is 2.06 bits per heavy atom. The zero-order valence-corrected chi connectivity index (χ0v) is 10.0. The molecule has 2 fully saturated rings. The molecule has 0 saturated carbocycles. The van der Waals surface area contributed by atoms with Gasteiger partial charge in [0.2, 0.25) is 5.95 Å². The Kier molecular flexibility index (Phi) is 2.48. The molecular weight excluding hydrogens is 224 g/mol. The van der Waals surface area contributed by atoms with Crippen LogP contribution in [0.25, 0.3) is 0 Å². The van der Waals surface area contributed by atoms with Gasteiger partial charge in [-0.05, 0) is 18.8 Å². The number of hydrogen-bond acceptors (Lipinski definition) is 4. The molecule has 1 aromatic heterocycles. The average Bonchev–Trinajstić information content (AvgIpc) is 2.81. The summed E-state index contributed by atoms with van der Waals surface area (Å²) in [6.45, 7) is 6.32. The topological polar surface area (TPSA) is 41.1 Å². The monoisotopic (exact) mass is 238 g/mol. The van der Waals surface area contributed by atoms with Gasteiger partial charge in [-0.1, -0.05) is 11.6 Å². The van der Waals surface area contributed by atoms with Crippen molar-refractivity contribution in [2.45, 2.75) is 6.92 Å². The standard InChI is InChI=1S/C11H15ClN4/c1-7-10(12)4-14-11(15-7)16-5-8-2-13-3-9(8)6-16/h4,8-9,13H,2-3,5-6H2,1H3. The van der Waals surface area contributed by atoms with Gasteiger partial charge in [-0.3, -0.25) is 0 Å². The van der Waals surface area contributed by atoms with E-state index in [1.807, 2.05) is 6.92 Å². The smallest absolute Gasteiger partial charge is 0.225 e. The van der Waals surface area contributed by atoms with Crippen molar-refractivity contribution in [3.63, 3.8) is 0 Å². The fourth-order valence-corrected chi connectivity index (χ4v) is 2.70. The number of nitrogens with one attached hydrogen (secondary N) is 1. The maximum Gasteiger partial charge on any atom is 0.225 e. The van der Waals surface area contributed by atoms with Gasteiger partial charge in [0.05, 0.1) is 16.9 Å². The van der Waals surface area contributed by atoms with Gasteiger partial charge in [0.25, 0.3) is 0 Å². The number of rotatable bonds is 1. The maximum absolute atomic E-state index is 5.93. The van der Waals surface area contributed by atoms with E-state index in [1.165, 1.54) is 0 Å². The van der Waals surface area contributed by atoms with E-state index in [1.54, 1.807) is 6.20 Å². The number of halogens is 1. The lowest BCUT2D eigenvalue weighted by Crippen LogP contribution is -2.27. The lowest BCUT2D eigenvalue weighted by Gasteiger charge is -2.17. The zero-order valence-electron chi connectivity index (χ0n) is 9.28. The highest BCUT2D eigenvalue weighted by Crippen LogP contribution is 2.29. The summed E-state index contributed by atoms with van der Waals surface area (Å²) in [4.78, 5) is 11.0. The molecule has 2 saturated heterocycles. The number of anilines is 1. The highest BCUT2D eigenvalue weighted by molar-refractivity contribution is 6.31. The molecule has 0 bridgehead atoms. The van der Waals surface area contributed by atoms with Crippen LogP contribution in [0.4, 0.5) is 5.95 Å². The molecule has 0 amide bonds. The fraction of sp³-hybridized carbons (Fsp3) is 0.636. The third kappa shape index (κ3) is 1.66. The molecule has 0 aromatic carbocycles. The SMILES string of the molecule is Cc1nc(N2CC3CNCC3C2)ncc1Cl. The van der Waals surface area contributed by atoms with E-state index in [4.69, 9.17) is 11.6 Å². The summed E-state index contributed by atoms with van der Waals surface area (Å²) in [5, 5.41) is 4.07. The summed E-state index contributed by atoms with van der Waals surface area (Å²) in [7, 11) is 0. The van der Waals surface area contributed by atoms with Crippen molar-refractivity contribution in [2.75, 3.05) is 31.1 Å². The Hall–Kier alpha value is -0.870. The molecule has 3 heterocycles. The predicted octanol–water partition coefficient (Wildman–Crippen LogP) is 1.09. The van der Waals surface area contributed by atoms with E-state index in [2.05, 4.69) is 20.2 Å². The average molecular weight is 239 g/mol. The molecule has 2 atom stereocenters. The molecular formula is C11H15ClN4. The molecule has 2 aliphatic heterocycles. The normalized spacial score (nSPS) is 28.5. The summed E-state index contributed by atoms with van der Waals surface area (Å²) >= 11 is 5.93. The zero-order chi connectivity index (χ0) is 11.1. The molecule has 0 aliphatic carbocycles. The first-order valence-corrected chi connectivity index (χ1v) is 6.06. The quantitative estimate of drug-likeness (QED) is 0.796. The van der Waals surface area contributed by atoms with Crippen LogP contribution < -0.4 is 10.2 Å². The van der Waals surface area contributed by atoms with Crippen LogP contribution in [0, 0.1) is 18.8 Å². The third-order valence-electron chi connectivity index (χ3n) is 3.58. The minimum absolute atomic E-state index is 0.643. The molecule has 0 spiro atoms. The summed E-state index contributed by atoms with van der Waals surface area (Å²) in [5.74, 6) is 2.36. The molecule has 1 N–H and O–H groups in total. The Labute approximate surface area is 100 Å². The van der Waals surface area contributed by atoms with E-state index >= 15 is 0 Å². The van der Waals surface area contributed by atoms with Crippen LogP contribution in [0.3, 0.4) is 0 Å². The Morgan fingerprint density at radius 3 is 2.69 bits per heavy atom. The molecule has 3 rings (SSSR count). The predicted molar refractivity (Wildman–Crippen MR) is 63.8 cm³/mol. The molecule has 16 heavy (non-hydrogen) atoms. The van der Waals surface area contributed by atoms with Crippen LogP contribution in [0.15, 0.2) is 6.20 Å². The first-order valence-electron chi connectivity index (χ1n) is 5.69. The number of nitrogens with zero attached hydrogens (tertiary/aromatic N) is 3. The van der Waals surface area contributed by atoms with Crippen LogP contribution in [0.1, 0.15) is 5.69 Å². The first kappa shape index (κ1) is 10.3. The minimum Gasteiger partial charge on any atom is -0.340 e. The van der Waals surface area contributed by atoms with E-state index < -0.39 is 0 Å². The molecule has 0 radical (unpaired) electrons. The maximum atomic E-state index is 5.93. The molecule has 2 aliphatic rings. The van der Waals surface area contributed by atoms with E-state index in [0.29, 0.717) is 5.02 Å². The van der Waals surface area contributed by atoms with Crippen molar-refractivity contribution in [3.05, 3.63) is 16.9 Å². The van der Waals surface area contributed by atoms with Crippen molar-refractivity contribution >= 4 is 17.5 Å². The second-order valence-corrected chi connectivity index (χ2v) is 5.09. The van der Waals surface area contributed by atoms with Gasteiger partial charge in [-0.15, -0.1) is 0 Å². The van der Waals surface area contributed by atoms with Crippen LogP contribution >= 0.6 is 11.6 Å².